The van der Waals surface area contributed by atoms with E-state index in [1.807, 2.05) is 47.2 Å². The summed E-state index contributed by atoms with van der Waals surface area (Å²) >= 11 is 7.32. The van der Waals surface area contributed by atoms with Crippen molar-refractivity contribution >= 4 is 51.5 Å². The monoisotopic (exact) mass is 518 g/mol. The largest absolute Gasteiger partial charge is 0.360 e. The highest BCUT2D eigenvalue weighted by atomic mass is 35.5. The van der Waals surface area contributed by atoms with Gasteiger partial charge in [0.1, 0.15) is 5.69 Å². The second-order valence-corrected chi connectivity index (χ2v) is 9.63. The van der Waals surface area contributed by atoms with E-state index in [9.17, 15) is 14.9 Å². The van der Waals surface area contributed by atoms with Gasteiger partial charge in [-0.15, -0.1) is 10.2 Å². The lowest BCUT2D eigenvalue weighted by Gasteiger charge is -2.14. The summed E-state index contributed by atoms with van der Waals surface area (Å²) in [4.78, 5) is 27.0. The molecule has 3 aromatic carbocycles. The molecule has 36 heavy (non-hydrogen) atoms. The molecule has 0 aliphatic heterocycles. The molecule has 0 bridgehead atoms. The van der Waals surface area contributed by atoms with Crippen molar-refractivity contribution in [3.8, 4) is 17.1 Å². The fourth-order valence-corrected chi connectivity index (χ4v) is 4.78. The number of para-hydroxylation sites is 3. The van der Waals surface area contributed by atoms with Gasteiger partial charge in [-0.3, -0.25) is 19.5 Å². The van der Waals surface area contributed by atoms with Crippen LogP contribution in [0.25, 0.3) is 28.0 Å². The van der Waals surface area contributed by atoms with E-state index in [4.69, 9.17) is 11.6 Å². The maximum Gasteiger partial charge on any atom is 0.292 e. The molecule has 5 rings (SSSR count). The van der Waals surface area contributed by atoms with Crippen molar-refractivity contribution < 1.29 is 9.72 Å². The van der Waals surface area contributed by atoms with Gasteiger partial charge in [0.05, 0.1) is 10.2 Å². The number of nitro benzene ring substituents is 1. The molecule has 0 spiro atoms. The first-order valence-electron chi connectivity index (χ1n) is 10.9. The number of carbonyl (C=O) groups excluding carboxylic acids is 1. The molecule has 0 aliphatic rings. The number of anilines is 1. The van der Waals surface area contributed by atoms with Crippen LogP contribution < -0.4 is 5.32 Å². The number of benzene rings is 3. The summed E-state index contributed by atoms with van der Waals surface area (Å²) in [6.07, 6.45) is 1.88. The van der Waals surface area contributed by atoms with E-state index in [1.54, 1.807) is 31.2 Å². The number of nitro groups is 1. The molecule has 1 atom stereocenters. The minimum Gasteiger partial charge on any atom is -0.360 e. The highest BCUT2D eigenvalue weighted by molar-refractivity contribution is 8.00. The maximum atomic E-state index is 13.0. The molecule has 11 heteroatoms. The highest BCUT2D eigenvalue weighted by Crippen LogP contribution is 2.34. The second kappa shape index (κ2) is 9.84. The zero-order valence-electron chi connectivity index (χ0n) is 18.9. The van der Waals surface area contributed by atoms with Crippen molar-refractivity contribution in [3.05, 3.63) is 94.1 Å². The summed E-state index contributed by atoms with van der Waals surface area (Å²) in [5.41, 5.74) is 2.56. The van der Waals surface area contributed by atoms with E-state index < -0.39 is 16.1 Å². The number of nitrogens with one attached hydrogen (secondary N) is 2. The number of amides is 1. The number of halogens is 1. The van der Waals surface area contributed by atoms with Gasteiger partial charge in [0, 0.05) is 39.4 Å². The van der Waals surface area contributed by atoms with E-state index in [-0.39, 0.29) is 11.4 Å². The first-order valence-corrected chi connectivity index (χ1v) is 12.2. The number of rotatable bonds is 7. The first kappa shape index (κ1) is 23.6. The minimum atomic E-state index is -0.629. The predicted octanol–water partition coefficient (Wildman–Crippen LogP) is 6.10. The lowest BCUT2D eigenvalue weighted by atomic mass is 10.1. The van der Waals surface area contributed by atoms with Crippen LogP contribution in [0.5, 0.6) is 0 Å². The molecule has 0 fully saturated rings. The normalized spacial score (nSPS) is 11.9. The zero-order valence-corrected chi connectivity index (χ0v) is 20.5. The van der Waals surface area contributed by atoms with Crippen LogP contribution in [0.4, 0.5) is 11.4 Å². The number of aromatic nitrogens is 4. The zero-order chi connectivity index (χ0) is 25.2. The van der Waals surface area contributed by atoms with Crippen LogP contribution in [0.2, 0.25) is 5.02 Å². The van der Waals surface area contributed by atoms with E-state index in [0.717, 1.165) is 22.2 Å². The summed E-state index contributed by atoms with van der Waals surface area (Å²) < 4.78 is 1.87. The fraction of sp³-hybridized carbons (Fsp3) is 0.0800. The Labute approximate surface area is 214 Å². The molecular formula is C25H19ClN6O3S. The third-order valence-electron chi connectivity index (χ3n) is 5.56. The SMILES string of the molecule is C[C@H](Sc1nnc(-c2c[nH]c3ccccc23)n1-c1ccc(Cl)cc1)C(=O)Nc1ccccc1[N+](=O)[O-]. The van der Waals surface area contributed by atoms with Crippen LogP contribution in [0, 0.1) is 10.1 Å². The minimum absolute atomic E-state index is 0.138. The van der Waals surface area contributed by atoms with E-state index in [0.29, 0.717) is 16.0 Å². The highest BCUT2D eigenvalue weighted by Gasteiger charge is 2.24. The Morgan fingerprint density at radius 3 is 2.58 bits per heavy atom. The number of fused-ring (bicyclic) bond motifs is 1. The third-order valence-corrected chi connectivity index (χ3v) is 6.85. The van der Waals surface area contributed by atoms with Gasteiger partial charge in [0.25, 0.3) is 5.69 Å². The molecule has 2 N–H and O–H groups in total. The number of aromatic amines is 1. The summed E-state index contributed by atoms with van der Waals surface area (Å²) in [7, 11) is 0. The molecule has 180 valence electrons. The lowest BCUT2D eigenvalue weighted by molar-refractivity contribution is -0.383. The van der Waals surface area contributed by atoms with Crippen LogP contribution in [0.15, 0.2) is 84.1 Å². The van der Waals surface area contributed by atoms with Crippen LogP contribution in [-0.4, -0.2) is 35.8 Å². The van der Waals surface area contributed by atoms with Gasteiger partial charge in [-0.05, 0) is 43.3 Å². The van der Waals surface area contributed by atoms with E-state index >= 15 is 0 Å². The van der Waals surface area contributed by atoms with Gasteiger partial charge < -0.3 is 10.3 Å². The van der Waals surface area contributed by atoms with Crippen molar-refractivity contribution in [1.29, 1.82) is 0 Å². The summed E-state index contributed by atoms with van der Waals surface area (Å²) in [5, 5.41) is 24.3. The number of nitrogens with zero attached hydrogens (tertiary/aromatic N) is 4. The molecule has 9 nitrogen and oxygen atoms in total. The van der Waals surface area contributed by atoms with Crippen LogP contribution >= 0.6 is 23.4 Å². The number of hydrogen-bond acceptors (Lipinski definition) is 6. The Balaban J connectivity index is 1.50. The molecule has 1 amide bonds. The molecule has 0 aliphatic carbocycles. The Hall–Kier alpha value is -4.15. The molecule has 0 radical (unpaired) electrons. The fourth-order valence-electron chi connectivity index (χ4n) is 3.78. The molecular weight excluding hydrogens is 500 g/mol. The van der Waals surface area contributed by atoms with Gasteiger partial charge in [-0.1, -0.05) is 53.7 Å². The molecule has 0 saturated heterocycles. The second-order valence-electron chi connectivity index (χ2n) is 7.89. The quantitative estimate of drug-likeness (QED) is 0.153. The first-order chi connectivity index (χ1) is 17.4. The number of H-pyrrole nitrogens is 1. The average molecular weight is 519 g/mol. The van der Waals surface area contributed by atoms with Crippen molar-refractivity contribution in [2.45, 2.75) is 17.3 Å². The van der Waals surface area contributed by atoms with Crippen molar-refractivity contribution in [1.82, 2.24) is 19.7 Å². The van der Waals surface area contributed by atoms with Gasteiger partial charge >= 0.3 is 0 Å². The maximum absolute atomic E-state index is 13.0. The topological polar surface area (TPSA) is 119 Å². The lowest BCUT2D eigenvalue weighted by Crippen LogP contribution is -2.23. The predicted molar refractivity (Wildman–Crippen MR) is 141 cm³/mol. The Morgan fingerprint density at radius 2 is 1.81 bits per heavy atom. The third kappa shape index (κ3) is 4.56. The smallest absolute Gasteiger partial charge is 0.292 e. The van der Waals surface area contributed by atoms with Gasteiger partial charge in [0.2, 0.25) is 5.91 Å². The van der Waals surface area contributed by atoms with Gasteiger partial charge in [-0.25, -0.2) is 0 Å². The molecule has 2 aromatic heterocycles. The number of thioether (sulfide) groups is 1. The van der Waals surface area contributed by atoms with Gasteiger partial charge in [0.15, 0.2) is 11.0 Å². The molecule has 2 heterocycles. The summed E-state index contributed by atoms with van der Waals surface area (Å²) in [5.74, 6) is 0.206. The van der Waals surface area contributed by atoms with Gasteiger partial charge in [-0.2, -0.15) is 0 Å². The molecule has 0 saturated carbocycles. The molecule has 0 unspecified atom stereocenters. The van der Waals surface area contributed by atoms with Crippen molar-refractivity contribution in [2.24, 2.45) is 0 Å². The van der Waals surface area contributed by atoms with E-state index in [1.165, 1.54) is 23.9 Å². The Morgan fingerprint density at radius 1 is 1.08 bits per heavy atom. The Kier molecular flexibility index (Phi) is 6.45. The Bertz CT molecular complexity index is 1580. The van der Waals surface area contributed by atoms with Crippen LogP contribution in [-0.2, 0) is 4.79 Å². The standard InChI is InChI=1S/C25H19ClN6O3S/c1-15(24(33)28-21-8-4-5-9-22(21)32(34)35)36-25-30-29-23(31(25)17-12-10-16(26)11-13-17)19-14-27-20-7-3-2-6-18(19)20/h2-15,27H,1H3,(H,28,33)/t15-/m0/s1. The van der Waals surface area contributed by atoms with Crippen molar-refractivity contribution in [2.75, 3.05) is 5.32 Å². The van der Waals surface area contributed by atoms with Crippen LogP contribution in [0.1, 0.15) is 6.92 Å². The number of carbonyl (C=O) groups is 1. The molecule has 5 aromatic rings. The van der Waals surface area contributed by atoms with Crippen LogP contribution in [0.3, 0.4) is 0 Å². The van der Waals surface area contributed by atoms with E-state index in [2.05, 4.69) is 20.5 Å². The number of hydrogen-bond donors (Lipinski definition) is 2. The van der Waals surface area contributed by atoms with Crippen molar-refractivity contribution in [3.63, 3.8) is 0 Å². The summed E-state index contributed by atoms with van der Waals surface area (Å²) in [6.45, 7) is 1.71. The average Bonchev–Trinajstić information content (AvgIpc) is 3.48. The summed E-state index contributed by atoms with van der Waals surface area (Å²) in [6, 6.07) is 21.2.